The van der Waals surface area contributed by atoms with Crippen LogP contribution in [0.25, 0.3) is 0 Å². The van der Waals surface area contributed by atoms with Gasteiger partial charge in [0.2, 0.25) is 15.9 Å². The molecule has 4 rings (SSSR count). The molecule has 0 saturated carbocycles. The van der Waals surface area contributed by atoms with E-state index in [0.717, 1.165) is 0 Å². The van der Waals surface area contributed by atoms with Crippen molar-refractivity contribution in [2.75, 3.05) is 5.32 Å². The van der Waals surface area contributed by atoms with Gasteiger partial charge in [-0.25, -0.2) is 17.9 Å². The average molecular weight is 488 g/mol. The van der Waals surface area contributed by atoms with E-state index in [9.17, 15) is 22.4 Å². The normalized spacial score (nSPS) is 13.0. The van der Waals surface area contributed by atoms with Gasteiger partial charge in [0.25, 0.3) is 5.91 Å². The monoisotopic (exact) mass is 487 g/mol. The molecule has 0 aliphatic carbocycles. The molecule has 1 aliphatic heterocycles. The van der Waals surface area contributed by atoms with Gasteiger partial charge in [-0.05, 0) is 59.2 Å². The number of anilines is 1. The molecule has 0 bridgehead atoms. The Bertz CT molecular complexity index is 1360. The number of benzene rings is 3. The van der Waals surface area contributed by atoms with Crippen molar-refractivity contribution in [3.8, 4) is 0 Å². The molecule has 0 fully saturated rings. The zero-order chi connectivity index (χ0) is 23.8. The van der Waals surface area contributed by atoms with E-state index < -0.39 is 15.8 Å². The molecule has 0 spiro atoms. The summed E-state index contributed by atoms with van der Waals surface area (Å²) in [6.07, 6.45) is -0.00333. The van der Waals surface area contributed by atoms with Crippen LogP contribution in [-0.4, -0.2) is 25.1 Å². The summed E-state index contributed by atoms with van der Waals surface area (Å²) in [5, 5.41) is 8.54. The Balaban J connectivity index is 1.60. The molecule has 3 N–H and O–H groups in total. The number of amides is 2. The lowest BCUT2D eigenvalue weighted by Gasteiger charge is -2.15. The quantitative estimate of drug-likeness (QED) is 0.574. The average Bonchev–Trinajstić information content (AvgIpc) is 3.18. The van der Waals surface area contributed by atoms with Crippen LogP contribution >= 0.6 is 11.6 Å². The van der Waals surface area contributed by atoms with Crippen LogP contribution in [0.5, 0.6) is 0 Å². The van der Waals surface area contributed by atoms with Crippen molar-refractivity contribution in [2.45, 2.75) is 24.4 Å². The fourth-order valence-corrected chi connectivity index (χ4v) is 4.77. The minimum absolute atomic E-state index is 0.00333. The zero-order valence-corrected chi connectivity index (χ0v) is 18.8. The number of rotatable bonds is 5. The van der Waals surface area contributed by atoms with E-state index in [2.05, 4.69) is 5.32 Å². The van der Waals surface area contributed by atoms with Crippen LogP contribution in [0, 0.1) is 5.82 Å². The Morgan fingerprint density at radius 1 is 1.06 bits per heavy atom. The number of carbonyl (C=O) groups excluding carboxylic acids is 2. The summed E-state index contributed by atoms with van der Waals surface area (Å²) in [4.78, 5) is 26.6. The second-order valence-corrected chi connectivity index (χ2v) is 9.58. The maximum atomic E-state index is 13.2. The molecule has 10 heteroatoms. The van der Waals surface area contributed by atoms with E-state index in [0.29, 0.717) is 21.7 Å². The van der Waals surface area contributed by atoms with Gasteiger partial charge in [-0.1, -0.05) is 29.8 Å². The minimum atomic E-state index is -4.13. The van der Waals surface area contributed by atoms with Crippen molar-refractivity contribution >= 4 is 39.1 Å². The van der Waals surface area contributed by atoms with E-state index in [-0.39, 0.29) is 47.5 Å². The maximum Gasteiger partial charge on any atom is 0.254 e. The number of nitrogens with one attached hydrogen (secondary N) is 1. The number of primary sulfonamides is 1. The highest BCUT2D eigenvalue weighted by atomic mass is 35.5. The molecule has 2 amide bonds. The van der Waals surface area contributed by atoms with Crippen LogP contribution in [-0.2, 0) is 34.3 Å². The van der Waals surface area contributed by atoms with E-state index in [1.807, 2.05) is 0 Å². The Labute approximate surface area is 195 Å². The second-order valence-electron chi connectivity index (χ2n) is 7.64. The van der Waals surface area contributed by atoms with Crippen molar-refractivity contribution < 1.29 is 22.4 Å². The number of hydrogen-bond acceptors (Lipinski definition) is 4. The molecule has 3 aromatic carbocycles. The predicted molar refractivity (Wildman–Crippen MR) is 122 cm³/mol. The van der Waals surface area contributed by atoms with Crippen molar-refractivity contribution in [3.63, 3.8) is 0 Å². The molecule has 0 atom stereocenters. The van der Waals surface area contributed by atoms with E-state index in [1.54, 1.807) is 30.3 Å². The van der Waals surface area contributed by atoms with Crippen molar-refractivity contribution in [1.29, 1.82) is 0 Å². The number of sulfonamides is 1. The van der Waals surface area contributed by atoms with Crippen LogP contribution < -0.4 is 10.5 Å². The number of fused-ring (bicyclic) bond motifs is 1. The Morgan fingerprint density at radius 3 is 2.42 bits per heavy atom. The topological polar surface area (TPSA) is 110 Å². The van der Waals surface area contributed by atoms with Crippen molar-refractivity contribution in [2.24, 2.45) is 5.14 Å². The molecule has 0 aromatic heterocycles. The first-order chi connectivity index (χ1) is 15.6. The first-order valence-corrected chi connectivity index (χ1v) is 11.8. The summed E-state index contributed by atoms with van der Waals surface area (Å²) >= 11 is 6.10. The van der Waals surface area contributed by atoms with E-state index in [4.69, 9.17) is 16.7 Å². The third-order valence-electron chi connectivity index (χ3n) is 5.29. The first kappa shape index (κ1) is 22.9. The van der Waals surface area contributed by atoms with Gasteiger partial charge in [-0.3, -0.25) is 9.59 Å². The highest BCUT2D eigenvalue weighted by molar-refractivity contribution is 7.89. The fraction of sp³-hybridized carbons (Fsp3) is 0.130. The predicted octanol–water partition coefficient (Wildman–Crippen LogP) is 3.46. The minimum Gasteiger partial charge on any atom is -0.330 e. The van der Waals surface area contributed by atoms with Crippen LogP contribution in [0.1, 0.15) is 27.0 Å². The number of halogens is 2. The first-order valence-electron chi connectivity index (χ1n) is 9.88. The molecular formula is C23H19ClFN3O4S. The summed E-state index contributed by atoms with van der Waals surface area (Å²) < 4.78 is 37.7. The highest BCUT2D eigenvalue weighted by Gasteiger charge is 2.30. The third-order valence-corrected chi connectivity index (χ3v) is 6.64. The third kappa shape index (κ3) is 5.05. The molecule has 1 heterocycles. The SMILES string of the molecule is NS(=O)(=O)c1cc(NC(=O)Cc2ccccc2Cl)cc2c1CN(C(=O)c1ccc(F)cc1)C2. The number of nitrogens with two attached hydrogens (primary N) is 1. The smallest absolute Gasteiger partial charge is 0.254 e. The highest BCUT2D eigenvalue weighted by Crippen LogP contribution is 2.33. The molecule has 7 nitrogen and oxygen atoms in total. The van der Waals surface area contributed by atoms with E-state index in [1.165, 1.54) is 35.2 Å². The van der Waals surface area contributed by atoms with E-state index >= 15 is 0 Å². The summed E-state index contributed by atoms with van der Waals surface area (Å²) in [5.41, 5.74) is 2.07. The molecule has 1 aliphatic rings. The van der Waals surface area contributed by atoms with Gasteiger partial charge in [-0.15, -0.1) is 0 Å². The Kier molecular flexibility index (Phi) is 6.20. The lowest BCUT2D eigenvalue weighted by Crippen LogP contribution is -2.25. The van der Waals surface area contributed by atoms with Crippen molar-refractivity contribution in [3.05, 3.63) is 93.8 Å². The molecule has 0 saturated heterocycles. The molecular weight excluding hydrogens is 469 g/mol. The Hall–Kier alpha value is -3.27. The van der Waals surface area contributed by atoms with Crippen LogP contribution in [0.3, 0.4) is 0 Å². The van der Waals surface area contributed by atoms with Crippen LogP contribution in [0.2, 0.25) is 5.02 Å². The molecule has 170 valence electrons. The summed E-state index contributed by atoms with van der Waals surface area (Å²) in [6.45, 7) is 0.132. The molecule has 3 aromatic rings. The maximum absolute atomic E-state index is 13.2. The summed E-state index contributed by atoms with van der Waals surface area (Å²) in [5.74, 6) is -1.23. The standard InChI is InChI=1S/C23H19ClFN3O4S/c24-20-4-2-1-3-15(20)10-22(29)27-18-9-16-12-28(13-19(16)21(11-18)33(26,31)32)23(30)14-5-7-17(25)8-6-14/h1-9,11H,10,12-13H2,(H,27,29)(H2,26,31,32). The number of hydrogen-bond donors (Lipinski definition) is 2. The second kappa shape index (κ2) is 8.93. The van der Waals surface area contributed by atoms with Gasteiger partial charge in [0.05, 0.1) is 11.3 Å². The number of carbonyl (C=O) groups is 2. The summed E-state index contributed by atoms with van der Waals surface area (Å²) in [7, 11) is -4.13. The van der Waals surface area contributed by atoms with Crippen LogP contribution in [0.4, 0.5) is 10.1 Å². The Morgan fingerprint density at radius 2 is 1.76 bits per heavy atom. The van der Waals surface area contributed by atoms with Crippen LogP contribution in [0.15, 0.2) is 65.6 Å². The molecule has 33 heavy (non-hydrogen) atoms. The fourth-order valence-electron chi connectivity index (χ4n) is 3.74. The molecule has 0 unspecified atom stereocenters. The lowest BCUT2D eigenvalue weighted by atomic mass is 10.1. The van der Waals surface area contributed by atoms with Gasteiger partial charge in [0, 0.05) is 29.4 Å². The van der Waals surface area contributed by atoms with Gasteiger partial charge in [-0.2, -0.15) is 0 Å². The molecule has 0 radical (unpaired) electrons. The largest absolute Gasteiger partial charge is 0.330 e. The number of nitrogens with zero attached hydrogens (tertiary/aromatic N) is 1. The lowest BCUT2D eigenvalue weighted by molar-refractivity contribution is -0.115. The van der Waals surface area contributed by atoms with Crippen molar-refractivity contribution in [1.82, 2.24) is 4.90 Å². The van der Waals surface area contributed by atoms with Gasteiger partial charge in [0.1, 0.15) is 5.82 Å². The van der Waals surface area contributed by atoms with Gasteiger partial charge < -0.3 is 10.2 Å². The van der Waals surface area contributed by atoms with Gasteiger partial charge >= 0.3 is 0 Å². The van der Waals surface area contributed by atoms with Gasteiger partial charge in [0.15, 0.2) is 0 Å². The summed E-state index contributed by atoms with van der Waals surface area (Å²) in [6, 6.07) is 14.9. The zero-order valence-electron chi connectivity index (χ0n) is 17.2.